The van der Waals surface area contributed by atoms with Gasteiger partial charge in [-0.25, -0.2) is 0 Å². The third kappa shape index (κ3) is 2.35. The molecule has 1 N–H and O–H groups in total. The largest absolute Gasteiger partial charge is 0.361 e. The fraction of sp³-hybridized carbons (Fsp3) is 0.533. The first-order valence-corrected chi connectivity index (χ1v) is 7.80. The summed E-state index contributed by atoms with van der Waals surface area (Å²) < 4.78 is 5.27. The van der Waals surface area contributed by atoms with E-state index in [1.807, 2.05) is 25.2 Å². The Morgan fingerprint density at radius 1 is 1.47 bits per heavy atom. The van der Waals surface area contributed by atoms with E-state index in [1.165, 1.54) is 30.4 Å². The summed E-state index contributed by atoms with van der Waals surface area (Å²) in [6.07, 6.45) is 3.74. The lowest BCUT2D eigenvalue weighted by atomic mass is 9.92. The first-order chi connectivity index (χ1) is 9.16. The van der Waals surface area contributed by atoms with Crippen LogP contribution in [0.4, 0.5) is 0 Å². The van der Waals surface area contributed by atoms with Crippen molar-refractivity contribution in [3.05, 3.63) is 38.9 Å². The normalized spacial score (nSPS) is 20.3. The number of nitrogens with one attached hydrogen (secondary N) is 1. The van der Waals surface area contributed by atoms with Gasteiger partial charge in [0.05, 0.1) is 5.69 Å². The summed E-state index contributed by atoms with van der Waals surface area (Å²) in [7, 11) is 0. The van der Waals surface area contributed by atoms with Crippen LogP contribution in [0, 0.1) is 13.8 Å². The molecule has 3 rings (SSSR count). The maximum atomic E-state index is 5.27. The van der Waals surface area contributed by atoms with Crippen molar-refractivity contribution >= 4 is 11.3 Å². The Morgan fingerprint density at radius 3 is 3.05 bits per heavy atom. The zero-order chi connectivity index (χ0) is 13.4. The molecule has 2 atom stereocenters. The van der Waals surface area contributed by atoms with Gasteiger partial charge in [-0.1, -0.05) is 5.16 Å². The molecule has 4 heteroatoms. The van der Waals surface area contributed by atoms with Crippen molar-refractivity contribution in [2.45, 2.75) is 52.1 Å². The number of hydrogen-bond donors (Lipinski definition) is 1. The molecular formula is C15H20N2OS. The van der Waals surface area contributed by atoms with Gasteiger partial charge in [0, 0.05) is 22.5 Å². The Balaban J connectivity index is 1.80. The average molecular weight is 276 g/mol. The zero-order valence-corrected chi connectivity index (χ0v) is 12.5. The van der Waals surface area contributed by atoms with E-state index in [1.54, 1.807) is 4.88 Å². The van der Waals surface area contributed by atoms with Crippen molar-refractivity contribution in [3.63, 3.8) is 0 Å². The predicted molar refractivity (Wildman–Crippen MR) is 77.5 cm³/mol. The molecule has 0 amide bonds. The second kappa shape index (κ2) is 5.10. The maximum Gasteiger partial charge on any atom is 0.138 e. The maximum absolute atomic E-state index is 5.27. The van der Waals surface area contributed by atoms with Crippen LogP contribution in [0.5, 0.6) is 0 Å². The molecule has 2 aromatic rings. The molecule has 0 saturated heterocycles. The van der Waals surface area contributed by atoms with Crippen LogP contribution in [-0.2, 0) is 6.42 Å². The van der Waals surface area contributed by atoms with Crippen molar-refractivity contribution in [2.75, 3.05) is 0 Å². The van der Waals surface area contributed by atoms with E-state index in [9.17, 15) is 0 Å². The zero-order valence-electron chi connectivity index (χ0n) is 11.7. The van der Waals surface area contributed by atoms with E-state index in [-0.39, 0.29) is 6.04 Å². The molecule has 0 aliphatic heterocycles. The number of hydrogen-bond acceptors (Lipinski definition) is 4. The number of fused-ring (bicyclic) bond motifs is 1. The molecule has 0 saturated carbocycles. The molecule has 19 heavy (non-hydrogen) atoms. The van der Waals surface area contributed by atoms with Gasteiger partial charge in [0.2, 0.25) is 0 Å². The summed E-state index contributed by atoms with van der Waals surface area (Å²) in [6, 6.07) is 3.03. The molecule has 102 valence electrons. The summed E-state index contributed by atoms with van der Waals surface area (Å²) in [4.78, 5) is 1.55. The van der Waals surface area contributed by atoms with E-state index >= 15 is 0 Å². The lowest BCUT2D eigenvalue weighted by Crippen LogP contribution is -2.27. The van der Waals surface area contributed by atoms with Gasteiger partial charge in [-0.05, 0) is 57.0 Å². The van der Waals surface area contributed by atoms with Crippen LogP contribution in [0.1, 0.15) is 59.3 Å². The highest BCUT2D eigenvalue weighted by Gasteiger charge is 2.25. The SMILES string of the molecule is Cc1noc(C)c1C(C)NC1CCCc2sccc21. The van der Waals surface area contributed by atoms with Crippen molar-refractivity contribution in [1.82, 2.24) is 10.5 Å². The summed E-state index contributed by atoms with van der Waals surface area (Å²) in [5.74, 6) is 0.929. The predicted octanol–water partition coefficient (Wildman–Crippen LogP) is 4.08. The second-order valence-electron chi connectivity index (χ2n) is 5.37. The summed E-state index contributed by atoms with van der Waals surface area (Å²) in [6.45, 7) is 6.21. The van der Waals surface area contributed by atoms with Crippen LogP contribution in [0.2, 0.25) is 0 Å². The number of thiophene rings is 1. The van der Waals surface area contributed by atoms with E-state index in [2.05, 4.69) is 28.8 Å². The molecule has 0 aromatic carbocycles. The summed E-state index contributed by atoms with van der Waals surface area (Å²) >= 11 is 1.89. The summed E-state index contributed by atoms with van der Waals surface area (Å²) in [5.41, 5.74) is 3.70. The van der Waals surface area contributed by atoms with Crippen LogP contribution >= 0.6 is 11.3 Å². The number of rotatable bonds is 3. The van der Waals surface area contributed by atoms with Crippen molar-refractivity contribution in [3.8, 4) is 0 Å². The van der Waals surface area contributed by atoms with Gasteiger partial charge in [-0.2, -0.15) is 0 Å². The molecule has 0 radical (unpaired) electrons. The fourth-order valence-electron chi connectivity index (χ4n) is 3.15. The second-order valence-corrected chi connectivity index (χ2v) is 6.37. The third-order valence-electron chi connectivity index (χ3n) is 4.02. The lowest BCUT2D eigenvalue weighted by Gasteiger charge is -2.27. The number of nitrogens with zero attached hydrogens (tertiary/aromatic N) is 1. The number of aryl methyl sites for hydroxylation is 3. The minimum atomic E-state index is 0.280. The highest BCUT2D eigenvalue weighted by atomic mass is 32.1. The van der Waals surface area contributed by atoms with Crippen LogP contribution < -0.4 is 5.32 Å². The third-order valence-corrected chi connectivity index (χ3v) is 5.02. The Bertz CT molecular complexity index is 553. The molecule has 0 bridgehead atoms. The average Bonchev–Trinajstić information content (AvgIpc) is 2.97. The molecule has 2 aromatic heterocycles. The number of aromatic nitrogens is 1. The van der Waals surface area contributed by atoms with E-state index in [4.69, 9.17) is 4.52 Å². The molecular weight excluding hydrogens is 256 g/mol. The molecule has 0 spiro atoms. The minimum Gasteiger partial charge on any atom is -0.361 e. The van der Waals surface area contributed by atoms with Crippen LogP contribution in [0.3, 0.4) is 0 Å². The van der Waals surface area contributed by atoms with E-state index < -0.39 is 0 Å². The Labute approximate surface area is 118 Å². The standard InChI is InChI=1S/C15H20N2OS/c1-9(15-10(2)17-18-11(15)3)16-13-5-4-6-14-12(13)7-8-19-14/h7-9,13,16H,4-6H2,1-3H3. The quantitative estimate of drug-likeness (QED) is 0.918. The van der Waals surface area contributed by atoms with Crippen LogP contribution in [-0.4, -0.2) is 5.16 Å². The first-order valence-electron chi connectivity index (χ1n) is 6.92. The van der Waals surface area contributed by atoms with Gasteiger partial charge in [-0.3, -0.25) is 0 Å². The highest BCUT2D eigenvalue weighted by Crippen LogP contribution is 2.35. The van der Waals surface area contributed by atoms with Gasteiger partial charge in [0.1, 0.15) is 5.76 Å². The molecule has 2 heterocycles. The minimum absolute atomic E-state index is 0.280. The van der Waals surface area contributed by atoms with Crippen molar-refractivity contribution in [1.29, 1.82) is 0 Å². The van der Waals surface area contributed by atoms with E-state index in [0.717, 1.165) is 11.5 Å². The van der Waals surface area contributed by atoms with Gasteiger partial charge < -0.3 is 9.84 Å². The van der Waals surface area contributed by atoms with Gasteiger partial charge in [0.25, 0.3) is 0 Å². The highest BCUT2D eigenvalue weighted by molar-refractivity contribution is 7.10. The Morgan fingerprint density at radius 2 is 2.32 bits per heavy atom. The smallest absolute Gasteiger partial charge is 0.138 e. The van der Waals surface area contributed by atoms with Crippen LogP contribution in [0.25, 0.3) is 0 Å². The molecule has 1 aliphatic carbocycles. The summed E-state index contributed by atoms with van der Waals surface area (Å²) in [5, 5.41) is 10.0. The Kier molecular flexibility index (Phi) is 3.46. The fourth-order valence-corrected chi connectivity index (χ4v) is 4.14. The lowest BCUT2D eigenvalue weighted by molar-refractivity contribution is 0.385. The van der Waals surface area contributed by atoms with Gasteiger partial charge >= 0.3 is 0 Å². The topological polar surface area (TPSA) is 38.1 Å². The monoisotopic (exact) mass is 276 g/mol. The van der Waals surface area contributed by atoms with Crippen molar-refractivity contribution < 1.29 is 4.52 Å². The Hall–Kier alpha value is -1.13. The van der Waals surface area contributed by atoms with Crippen LogP contribution in [0.15, 0.2) is 16.0 Å². The first kappa shape index (κ1) is 12.9. The molecule has 0 fully saturated rings. The van der Waals surface area contributed by atoms with Gasteiger partial charge in [0.15, 0.2) is 0 Å². The molecule has 2 unspecified atom stereocenters. The molecule has 1 aliphatic rings. The van der Waals surface area contributed by atoms with Gasteiger partial charge in [-0.15, -0.1) is 11.3 Å². The van der Waals surface area contributed by atoms with Crippen molar-refractivity contribution in [2.24, 2.45) is 0 Å². The van der Waals surface area contributed by atoms with E-state index in [0.29, 0.717) is 6.04 Å². The molecule has 3 nitrogen and oxygen atoms in total.